The lowest BCUT2D eigenvalue weighted by atomic mass is 9.90. The number of benzene rings is 1. The number of fused-ring (bicyclic) bond motifs is 3. The number of methoxy groups -OCH3 is 1. The molecule has 13 nitrogen and oxygen atoms in total. The minimum atomic E-state index is -4.42. The van der Waals surface area contributed by atoms with Crippen LogP contribution in [-0.4, -0.2) is 78.9 Å². The second kappa shape index (κ2) is 16.4. The van der Waals surface area contributed by atoms with Crippen molar-refractivity contribution in [3.05, 3.63) is 30.5 Å². The number of carbonyl (C=O) groups is 4. The lowest BCUT2D eigenvalue weighted by Gasteiger charge is -2.29. The Morgan fingerprint density at radius 3 is 2.45 bits per heavy atom. The number of pyridine rings is 1. The summed E-state index contributed by atoms with van der Waals surface area (Å²) in [6.45, 7) is 7.36. The van der Waals surface area contributed by atoms with Crippen LogP contribution in [0.2, 0.25) is 0 Å². The highest BCUT2D eigenvalue weighted by Gasteiger charge is 2.62. The molecule has 1 aromatic carbocycles. The zero-order valence-electron chi connectivity index (χ0n) is 32.9. The van der Waals surface area contributed by atoms with Gasteiger partial charge >= 0.3 is 16.3 Å². The highest BCUT2D eigenvalue weighted by atomic mass is 32.2. The summed E-state index contributed by atoms with van der Waals surface area (Å²) < 4.78 is 51.5. The number of nitrogens with zero attached hydrogens (tertiary/aromatic N) is 2. The van der Waals surface area contributed by atoms with Crippen LogP contribution in [0.5, 0.6) is 11.6 Å². The number of Topliss-reactive ketones (excluding diaryl/α,β-unsaturated/α-hetero) is 1. The minimum absolute atomic E-state index is 0.0681. The molecule has 4 fully saturated rings. The van der Waals surface area contributed by atoms with Crippen LogP contribution in [-0.2, 0) is 38.4 Å². The summed E-state index contributed by atoms with van der Waals surface area (Å²) in [6, 6.07) is 6.40. The molecule has 2 saturated heterocycles. The number of amides is 2. The van der Waals surface area contributed by atoms with Crippen molar-refractivity contribution < 1.29 is 46.0 Å². The smallest absolute Gasteiger partial charge is 0.362 e. The van der Waals surface area contributed by atoms with Gasteiger partial charge in [0, 0.05) is 30.3 Å². The Balaban J connectivity index is 1.28. The molecule has 6 rings (SSSR count). The molecule has 4 aliphatic rings. The number of nitrogens with one attached hydrogen (secondary N) is 1. The molecule has 55 heavy (non-hydrogen) atoms. The van der Waals surface area contributed by atoms with Gasteiger partial charge in [0.05, 0.1) is 37.1 Å². The molecule has 1 N–H and O–H groups in total. The lowest BCUT2D eigenvalue weighted by molar-refractivity contribution is -0.159. The molecule has 302 valence electrons. The summed E-state index contributed by atoms with van der Waals surface area (Å²) in [5, 5.41) is 1.58. The Labute approximate surface area is 324 Å². The maximum absolute atomic E-state index is 14.6. The van der Waals surface area contributed by atoms with Crippen molar-refractivity contribution in [1.82, 2.24) is 14.6 Å². The fraction of sp³-hybridized carbons (Fsp3) is 0.683. The van der Waals surface area contributed by atoms with Gasteiger partial charge in [-0.2, -0.15) is 8.42 Å². The molecule has 14 heteroatoms. The summed E-state index contributed by atoms with van der Waals surface area (Å²) in [7, 11) is -2.83. The first-order chi connectivity index (χ1) is 26.1. The molecule has 3 heterocycles. The van der Waals surface area contributed by atoms with E-state index in [9.17, 15) is 27.6 Å². The third-order valence-electron chi connectivity index (χ3n) is 11.6. The van der Waals surface area contributed by atoms with Crippen LogP contribution >= 0.6 is 0 Å². The summed E-state index contributed by atoms with van der Waals surface area (Å²) in [6.07, 6.45) is 9.03. The van der Waals surface area contributed by atoms with Crippen molar-refractivity contribution in [1.29, 1.82) is 0 Å². The third kappa shape index (κ3) is 9.97. The van der Waals surface area contributed by atoms with E-state index in [1.54, 1.807) is 40.1 Å². The lowest BCUT2D eigenvalue weighted by Crippen LogP contribution is -2.46. The molecule has 2 aliphatic heterocycles. The fourth-order valence-corrected chi connectivity index (χ4v) is 9.77. The van der Waals surface area contributed by atoms with Gasteiger partial charge in [0.15, 0.2) is 5.78 Å². The number of rotatable bonds is 11. The largest absolute Gasteiger partial charge is 0.497 e. The summed E-state index contributed by atoms with van der Waals surface area (Å²) in [5.41, 5.74) is -2.75. The molecular formula is C41H57N3O10S. The summed E-state index contributed by atoms with van der Waals surface area (Å²) in [4.78, 5) is 62.3. The number of carbonyl (C=O) groups excluding carboxylic acids is 4. The maximum Gasteiger partial charge on any atom is 0.362 e. The number of esters is 1. The van der Waals surface area contributed by atoms with Gasteiger partial charge in [0.2, 0.25) is 17.7 Å². The Morgan fingerprint density at radius 2 is 1.76 bits per heavy atom. The van der Waals surface area contributed by atoms with Crippen LogP contribution in [0, 0.1) is 17.3 Å². The molecule has 1 aromatic heterocycles. The van der Waals surface area contributed by atoms with E-state index >= 15 is 0 Å². The van der Waals surface area contributed by atoms with Gasteiger partial charge in [-0.25, -0.2) is 13.9 Å². The zero-order chi connectivity index (χ0) is 39.6. The Hall–Kier alpha value is -3.78. The van der Waals surface area contributed by atoms with Crippen molar-refractivity contribution >= 4 is 44.6 Å². The van der Waals surface area contributed by atoms with Crippen LogP contribution in [0.4, 0.5) is 0 Å². The summed E-state index contributed by atoms with van der Waals surface area (Å²) in [5.74, 6) is -1.79. The van der Waals surface area contributed by atoms with E-state index in [0.29, 0.717) is 50.2 Å². The summed E-state index contributed by atoms with van der Waals surface area (Å²) >= 11 is 0. The van der Waals surface area contributed by atoms with Gasteiger partial charge in [-0.1, -0.05) is 45.4 Å². The van der Waals surface area contributed by atoms with E-state index < -0.39 is 56.9 Å². The molecule has 2 aliphatic carbocycles. The first-order valence-corrected chi connectivity index (χ1v) is 21.4. The predicted octanol–water partition coefficient (Wildman–Crippen LogP) is 6.36. The Kier molecular flexibility index (Phi) is 12.2. The van der Waals surface area contributed by atoms with E-state index in [2.05, 4.69) is 9.71 Å². The van der Waals surface area contributed by atoms with Gasteiger partial charge in [0.1, 0.15) is 17.5 Å². The van der Waals surface area contributed by atoms with E-state index in [1.807, 2.05) is 25.1 Å². The quantitative estimate of drug-likeness (QED) is 0.252. The monoisotopic (exact) mass is 783 g/mol. The topological polar surface area (TPSA) is 167 Å². The van der Waals surface area contributed by atoms with Crippen molar-refractivity contribution in [3.63, 3.8) is 0 Å². The molecule has 5 atom stereocenters. The standard InChI is InChI=1S/C41H57N3O10S/c1-6-17-40(18-19-40)54-55(49,50)43-38(48)41-24-29(41)13-11-9-7-8-10-12-28(22-35(46)53-39(2,3)4)37(47)44-26-31(23-33(44)34(45)25-41)52-36-32-15-14-30(51-5)21-27(32)16-20-42-36/h14-16,20-21,28-29,31,33H,6-13,17-19,22-26H2,1-5H3,(H,43,48)/t28-,29-,31-,33+,41-/m1/s1. The number of hydrogen-bond acceptors (Lipinski definition) is 11. The van der Waals surface area contributed by atoms with Crippen molar-refractivity contribution in [2.24, 2.45) is 17.3 Å². The van der Waals surface area contributed by atoms with Crippen molar-refractivity contribution in [2.45, 2.75) is 147 Å². The van der Waals surface area contributed by atoms with Crippen LogP contribution in [0.3, 0.4) is 0 Å². The molecule has 0 spiro atoms. The molecule has 0 radical (unpaired) electrons. The zero-order valence-corrected chi connectivity index (χ0v) is 33.7. The first-order valence-electron chi connectivity index (χ1n) is 20.0. The molecule has 2 saturated carbocycles. The van der Waals surface area contributed by atoms with E-state index in [1.165, 1.54) is 4.90 Å². The third-order valence-corrected chi connectivity index (χ3v) is 12.6. The molecular weight excluding hydrogens is 727 g/mol. The molecule has 2 amide bonds. The predicted molar refractivity (Wildman–Crippen MR) is 204 cm³/mol. The van der Waals surface area contributed by atoms with Crippen LogP contribution in [0.25, 0.3) is 10.8 Å². The SMILES string of the molecule is CCCC1(OS(=O)(=O)NC(=O)[C@]23CC(=O)[C@@H]4C[C@@H](Oc5nccc6cc(OC)ccc56)CN4C(=O)[C@@H](CC(=O)OC(C)(C)C)CCCCCCC[C@@H]2C3)CC1. The highest BCUT2D eigenvalue weighted by Crippen LogP contribution is 2.59. The van der Waals surface area contributed by atoms with E-state index in [4.69, 9.17) is 18.4 Å². The molecule has 0 unspecified atom stereocenters. The second-order valence-corrected chi connectivity index (χ2v) is 18.4. The number of ketones is 1. The highest BCUT2D eigenvalue weighted by molar-refractivity contribution is 7.85. The van der Waals surface area contributed by atoms with Gasteiger partial charge in [0.25, 0.3) is 0 Å². The average molecular weight is 784 g/mol. The molecule has 2 aromatic rings. The van der Waals surface area contributed by atoms with Gasteiger partial charge in [-0.15, -0.1) is 0 Å². The van der Waals surface area contributed by atoms with E-state index in [0.717, 1.165) is 49.3 Å². The second-order valence-electron chi connectivity index (χ2n) is 17.1. The number of hydrogen-bond donors (Lipinski definition) is 1. The Bertz CT molecular complexity index is 1870. The van der Waals surface area contributed by atoms with Crippen molar-refractivity contribution in [2.75, 3.05) is 13.7 Å². The average Bonchev–Trinajstić information content (AvgIpc) is 3.98. The Morgan fingerprint density at radius 1 is 1.04 bits per heavy atom. The minimum Gasteiger partial charge on any atom is -0.497 e. The van der Waals surface area contributed by atoms with Gasteiger partial charge < -0.3 is 19.1 Å². The number of aromatic nitrogens is 1. The molecule has 0 bridgehead atoms. The van der Waals surface area contributed by atoms with E-state index in [-0.39, 0.29) is 43.4 Å². The normalized spacial score (nSPS) is 27.3. The van der Waals surface area contributed by atoms with Crippen LogP contribution < -0.4 is 14.2 Å². The van der Waals surface area contributed by atoms with Crippen molar-refractivity contribution in [3.8, 4) is 11.6 Å². The van der Waals surface area contributed by atoms with Gasteiger partial charge in [-0.05, 0) is 94.9 Å². The van der Waals surface area contributed by atoms with Crippen LogP contribution in [0.1, 0.15) is 124 Å². The first kappa shape index (κ1) is 40.9. The maximum atomic E-state index is 14.6. The number of ether oxygens (including phenoxy) is 3. The van der Waals surface area contributed by atoms with Crippen LogP contribution in [0.15, 0.2) is 30.5 Å². The fourth-order valence-electron chi connectivity index (χ4n) is 8.58. The van der Waals surface area contributed by atoms with Gasteiger partial charge in [-0.3, -0.25) is 19.2 Å².